The molecule has 0 spiro atoms. The summed E-state index contributed by atoms with van der Waals surface area (Å²) in [7, 11) is 0. The lowest BCUT2D eigenvalue weighted by molar-refractivity contribution is -0.384. The van der Waals surface area contributed by atoms with Gasteiger partial charge in [-0.2, -0.15) is 4.98 Å². The topological polar surface area (TPSA) is 93.9 Å². The molecule has 10 heteroatoms. The van der Waals surface area contributed by atoms with Crippen molar-refractivity contribution in [3.8, 4) is 11.6 Å². The molecule has 3 heterocycles. The number of nitro benzene ring substituents is 1. The third-order valence-electron chi connectivity index (χ3n) is 5.96. The summed E-state index contributed by atoms with van der Waals surface area (Å²) in [6, 6.07) is 12.5. The first-order valence-corrected chi connectivity index (χ1v) is 11.2. The molecule has 0 atom stereocenters. The zero-order chi connectivity index (χ0) is 23.5. The molecule has 0 N–H and O–H groups in total. The molecule has 176 valence electrons. The molecule has 0 saturated carbocycles. The molecule has 0 bridgehead atoms. The number of non-ortho nitro benzene ring substituents is 1. The lowest BCUT2D eigenvalue weighted by Crippen LogP contribution is -2.38. The molecular formula is C24H24FN5O4. The highest BCUT2D eigenvalue weighted by Crippen LogP contribution is 2.32. The van der Waals surface area contributed by atoms with Crippen molar-refractivity contribution in [1.29, 1.82) is 0 Å². The number of fused-ring (bicyclic) bond motifs is 1. The Kier molecular flexibility index (Phi) is 6.33. The van der Waals surface area contributed by atoms with Crippen LogP contribution in [-0.2, 0) is 24.2 Å². The minimum absolute atomic E-state index is 0.0757. The van der Waals surface area contributed by atoms with Gasteiger partial charge >= 0.3 is 0 Å². The third kappa shape index (κ3) is 4.97. The van der Waals surface area contributed by atoms with Gasteiger partial charge in [0.25, 0.3) is 5.69 Å². The van der Waals surface area contributed by atoms with Crippen molar-refractivity contribution in [2.75, 3.05) is 37.7 Å². The summed E-state index contributed by atoms with van der Waals surface area (Å²) in [5.74, 6) is 1.25. The van der Waals surface area contributed by atoms with Gasteiger partial charge in [-0.25, -0.2) is 9.37 Å². The lowest BCUT2D eigenvalue weighted by Gasteiger charge is -2.31. The minimum atomic E-state index is -0.399. The smallest absolute Gasteiger partial charge is 0.269 e. The van der Waals surface area contributed by atoms with Gasteiger partial charge in [0.05, 0.1) is 29.4 Å². The lowest BCUT2D eigenvalue weighted by atomic mass is 10.1. The first-order chi connectivity index (χ1) is 16.5. The number of benzene rings is 2. The summed E-state index contributed by atoms with van der Waals surface area (Å²) < 4.78 is 25.0. The van der Waals surface area contributed by atoms with E-state index in [1.54, 1.807) is 24.3 Å². The maximum absolute atomic E-state index is 13.4. The third-order valence-corrected chi connectivity index (χ3v) is 5.96. The van der Waals surface area contributed by atoms with Crippen molar-refractivity contribution in [3.05, 3.63) is 81.3 Å². The highest BCUT2D eigenvalue weighted by Gasteiger charge is 2.26. The van der Waals surface area contributed by atoms with Gasteiger partial charge in [-0.05, 0) is 29.8 Å². The number of anilines is 1. The largest absolute Gasteiger partial charge is 0.438 e. The molecule has 1 aromatic heterocycles. The summed E-state index contributed by atoms with van der Waals surface area (Å²) in [6.07, 6.45) is 0.724. The second kappa shape index (κ2) is 9.70. The van der Waals surface area contributed by atoms with E-state index in [0.29, 0.717) is 57.0 Å². The van der Waals surface area contributed by atoms with Crippen LogP contribution in [0, 0.1) is 15.9 Å². The van der Waals surface area contributed by atoms with Crippen molar-refractivity contribution < 1.29 is 18.8 Å². The molecule has 3 aromatic rings. The van der Waals surface area contributed by atoms with Crippen LogP contribution in [0.2, 0.25) is 0 Å². The van der Waals surface area contributed by atoms with Gasteiger partial charge in [0.2, 0.25) is 11.8 Å². The number of hydrogen-bond acceptors (Lipinski definition) is 8. The maximum atomic E-state index is 13.4. The van der Waals surface area contributed by atoms with Gasteiger partial charge in [-0.1, -0.05) is 12.1 Å². The number of nitro groups is 1. The quantitative estimate of drug-likeness (QED) is 0.402. The molecule has 9 nitrogen and oxygen atoms in total. The van der Waals surface area contributed by atoms with Gasteiger partial charge < -0.3 is 14.4 Å². The number of morpholine rings is 1. The first-order valence-electron chi connectivity index (χ1n) is 11.2. The van der Waals surface area contributed by atoms with E-state index in [4.69, 9.17) is 19.4 Å². The summed E-state index contributed by atoms with van der Waals surface area (Å²) >= 11 is 0. The molecule has 1 saturated heterocycles. The van der Waals surface area contributed by atoms with Gasteiger partial charge in [0.15, 0.2) is 0 Å². The van der Waals surface area contributed by atoms with Crippen molar-refractivity contribution >= 4 is 11.6 Å². The van der Waals surface area contributed by atoms with E-state index in [-0.39, 0.29) is 11.5 Å². The van der Waals surface area contributed by atoms with Crippen LogP contribution in [0.15, 0.2) is 48.5 Å². The second-order valence-electron chi connectivity index (χ2n) is 8.29. The Morgan fingerprint density at radius 3 is 2.47 bits per heavy atom. The monoisotopic (exact) mass is 465 g/mol. The van der Waals surface area contributed by atoms with Crippen LogP contribution in [0.4, 0.5) is 16.0 Å². The van der Waals surface area contributed by atoms with Crippen LogP contribution in [0.25, 0.3) is 0 Å². The highest BCUT2D eigenvalue weighted by atomic mass is 19.1. The molecule has 0 aliphatic carbocycles. The predicted molar refractivity (Wildman–Crippen MR) is 122 cm³/mol. The number of hydrogen-bond donors (Lipinski definition) is 0. The van der Waals surface area contributed by atoms with Crippen LogP contribution >= 0.6 is 0 Å². The Labute approximate surface area is 195 Å². The molecule has 1 fully saturated rings. The second-order valence-corrected chi connectivity index (χ2v) is 8.29. The summed E-state index contributed by atoms with van der Waals surface area (Å²) in [6.45, 7) is 4.67. The average molecular weight is 465 g/mol. The fourth-order valence-electron chi connectivity index (χ4n) is 4.15. The molecular weight excluding hydrogens is 441 g/mol. The van der Waals surface area contributed by atoms with E-state index in [9.17, 15) is 14.5 Å². The van der Waals surface area contributed by atoms with E-state index in [1.165, 1.54) is 24.3 Å². The fraction of sp³-hybridized carbons (Fsp3) is 0.333. The standard InChI is InChI=1S/C24H24FN5O4/c25-18-3-7-20(8-4-18)34-23-21-16-28(15-17-1-5-19(6-2-17)30(31)32)10-9-22(21)26-24(27-23)29-11-13-33-14-12-29/h1-8H,9-16H2. The van der Waals surface area contributed by atoms with E-state index in [0.717, 1.165) is 29.8 Å². The van der Waals surface area contributed by atoms with Crippen LogP contribution in [0.3, 0.4) is 0 Å². The Morgan fingerprint density at radius 1 is 1.03 bits per heavy atom. The van der Waals surface area contributed by atoms with E-state index >= 15 is 0 Å². The van der Waals surface area contributed by atoms with E-state index in [2.05, 4.69) is 9.80 Å². The van der Waals surface area contributed by atoms with Crippen LogP contribution < -0.4 is 9.64 Å². The van der Waals surface area contributed by atoms with Gasteiger partial charge in [-0.3, -0.25) is 15.0 Å². The minimum Gasteiger partial charge on any atom is -0.438 e. The van der Waals surface area contributed by atoms with Gasteiger partial charge in [-0.15, -0.1) is 0 Å². The number of rotatable bonds is 6. The molecule has 2 aliphatic heterocycles. The zero-order valence-corrected chi connectivity index (χ0v) is 18.5. The van der Waals surface area contributed by atoms with Crippen molar-refractivity contribution in [3.63, 3.8) is 0 Å². The normalized spacial score (nSPS) is 16.2. The Hall–Kier alpha value is -3.63. The molecule has 0 radical (unpaired) electrons. The van der Waals surface area contributed by atoms with Crippen LogP contribution in [-0.4, -0.2) is 52.6 Å². The Balaban J connectivity index is 1.41. The Bertz CT molecular complexity index is 1170. The molecule has 0 unspecified atom stereocenters. The average Bonchev–Trinajstić information content (AvgIpc) is 2.86. The fourth-order valence-corrected chi connectivity index (χ4v) is 4.15. The molecule has 5 rings (SSSR count). The molecule has 2 aliphatic rings. The van der Waals surface area contributed by atoms with E-state index < -0.39 is 4.92 Å². The van der Waals surface area contributed by atoms with Crippen molar-refractivity contribution in [1.82, 2.24) is 14.9 Å². The van der Waals surface area contributed by atoms with Crippen molar-refractivity contribution in [2.45, 2.75) is 19.5 Å². The summed E-state index contributed by atoms with van der Waals surface area (Å²) in [5, 5.41) is 10.9. The van der Waals surface area contributed by atoms with Crippen LogP contribution in [0.5, 0.6) is 11.6 Å². The number of nitrogens with zero attached hydrogens (tertiary/aromatic N) is 5. The molecule has 2 aromatic carbocycles. The number of aromatic nitrogens is 2. The molecule has 34 heavy (non-hydrogen) atoms. The zero-order valence-electron chi connectivity index (χ0n) is 18.5. The molecule has 0 amide bonds. The maximum Gasteiger partial charge on any atom is 0.269 e. The predicted octanol–water partition coefficient (Wildman–Crippen LogP) is 3.71. The highest BCUT2D eigenvalue weighted by molar-refractivity contribution is 5.44. The SMILES string of the molecule is O=[N+]([O-])c1ccc(CN2CCc3nc(N4CCOCC4)nc(Oc4ccc(F)cc4)c3C2)cc1. The van der Waals surface area contributed by atoms with Gasteiger partial charge in [0, 0.05) is 51.3 Å². The summed E-state index contributed by atoms with van der Waals surface area (Å²) in [4.78, 5) is 24.4. The van der Waals surface area contributed by atoms with E-state index in [1.807, 2.05) is 0 Å². The van der Waals surface area contributed by atoms with Crippen LogP contribution in [0.1, 0.15) is 16.8 Å². The summed E-state index contributed by atoms with van der Waals surface area (Å²) in [5.41, 5.74) is 2.90. The number of ether oxygens (including phenoxy) is 2. The van der Waals surface area contributed by atoms with Gasteiger partial charge in [0.1, 0.15) is 11.6 Å². The number of halogens is 1. The first kappa shape index (κ1) is 22.2. The Morgan fingerprint density at radius 2 is 1.76 bits per heavy atom. The van der Waals surface area contributed by atoms with Crippen molar-refractivity contribution in [2.24, 2.45) is 0 Å².